The molecular weight excluding hydrogens is 252 g/mol. The molecule has 4 heteroatoms. The Morgan fingerprint density at radius 2 is 0.950 bits per heavy atom. The second-order valence-corrected chi connectivity index (χ2v) is 4.62. The van der Waals surface area contributed by atoms with Crippen molar-refractivity contribution in [3.8, 4) is 0 Å². The van der Waals surface area contributed by atoms with E-state index < -0.39 is 11.8 Å². The molecule has 0 aliphatic heterocycles. The summed E-state index contributed by atoms with van der Waals surface area (Å²) < 4.78 is 0. The van der Waals surface area contributed by atoms with Crippen molar-refractivity contribution >= 4 is 11.8 Å². The van der Waals surface area contributed by atoms with Gasteiger partial charge < -0.3 is 11.5 Å². The Morgan fingerprint density at radius 3 is 1.20 bits per heavy atom. The third-order valence-electron chi connectivity index (χ3n) is 3.18. The molecule has 0 spiro atoms. The van der Waals surface area contributed by atoms with E-state index in [1.165, 1.54) is 0 Å². The van der Waals surface area contributed by atoms with Gasteiger partial charge >= 0.3 is 0 Å². The Hall–Kier alpha value is -2.62. The van der Waals surface area contributed by atoms with Crippen molar-refractivity contribution in [2.75, 3.05) is 0 Å². The molecule has 0 aliphatic rings. The van der Waals surface area contributed by atoms with E-state index in [0.717, 1.165) is 24.0 Å². The molecule has 0 heterocycles. The molecule has 0 bridgehead atoms. The summed E-state index contributed by atoms with van der Waals surface area (Å²) in [7, 11) is 0. The van der Waals surface area contributed by atoms with E-state index in [1.807, 2.05) is 24.3 Å². The van der Waals surface area contributed by atoms with Crippen LogP contribution in [0.2, 0.25) is 0 Å². The summed E-state index contributed by atoms with van der Waals surface area (Å²) in [6.07, 6.45) is 1.71. The third kappa shape index (κ3) is 3.45. The first kappa shape index (κ1) is 13.8. The van der Waals surface area contributed by atoms with E-state index in [-0.39, 0.29) is 0 Å². The van der Waals surface area contributed by atoms with Crippen LogP contribution in [0.3, 0.4) is 0 Å². The predicted molar refractivity (Wildman–Crippen MR) is 77.3 cm³/mol. The van der Waals surface area contributed by atoms with Crippen LogP contribution in [0.5, 0.6) is 0 Å². The van der Waals surface area contributed by atoms with Gasteiger partial charge in [0.25, 0.3) is 0 Å². The van der Waals surface area contributed by atoms with Crippen molar-refractivity contribution in [2.24, 2.45) is 11.5 Å². The van der Waals surface area contributed by atoms with Crippen molar-refractivity contribution in [2.45, 2.75) is 12.8 Å². The Bertz CT molecular complexity index is 558. The van der Waals surface area contributed by atoms with Gasteiger partial charge in [0.1, 0.15) is 0 Å². The van der Waals surface area contributed by atoms with Crippen molar-refractivity contribution in [3.63, 3.8) is 0 Å². The normalized spacial score (nSPS) is 10.2. The monoisotopic (exact) mass is 268 g/mol. The number of amides is 2. The van der Waals surface area contributed by atoms with Gasteiger partial charge in [0.15, 0.2) is 0 Å². The van der Waals surface area contributed by atoms with Crippen LogP contribution in [-0.2, 0) is 12.8 Å². The maximum atomic E-state index is 11.0. The van der Waals surface area contributed by atoms with E-state index in [0.29, 0.717) is 11.1 Å². The molecule has 2 aromatic rings. The highest BCUT2D eigenvalue weighted by atomic mass is 16.1. The molecule has 0 saturated heterocycles. The minimum Gasteiger partial charge on any atom is -0.366 e. The highest BCUT2D eigenvalue weighted by Gasteiger charge is 2.02. The number of nitrogens with two attached hydrogens (primary N) is 2. The van der Waals surface area contributed by atoms with E-state index in [2.05, 4.69) is 0 Å². The zero-order valence-corrected chi connectivity index (χ0v) is 11.0. The number of carbonyl (C=O) groups excluding carboxylic acids is 2. The first-order valence-corrected chi connectivity index (χ1v) is 6.34. The number of aryl methyl sites for hydroxylation is 2. The highest BCUT2D eigenvalue weighted by Crippen LogP contribution is 2.10. The van der Waals surface area contributed by atoms with E-state index >= 15 is 0 Å². The molecular formula is C16H16N2O2. The van der Waals surface area contributed by atoms with Gasteiger partial charge in [0.2, 0.25) is 11.8 Å². The zero-order valence-electron chi connectivity index (χ0n) is 11.0. The summed E-state index contributed by atoms with van der Waals surface area (Å²) in [4.78, 5) is 21.9. The molecule has 0 fully saturated rings. The molecule has 0 radical (unpaired) electrons. The highest BCUT2D eigenvalue weighted by molar-refractivity contribution is 5.93. The van der Waals surface area contributed by atoms with Gasteiger partial charge in [-0.1, -0.05) is 24.3 Å². The van der Waals surface area contributed by atoms with Crippen molar-refractivity contribution in [1.82, 2.24) is 0 Å². The van der Waals surface area contributed by atoms with Gasteiger partial charge in [-0.3, -0.25) is 9.59 Å². The fourth-order valence-corrected chi connectivity index (χ4v) is 1.96. The largest absolute Gasteiger partial charge is 0.366 e. The number of hydrogen-bond donors (Lipinski definition) is 2. The summed E-state index contributed by atoms with van der Waals surface area (Å²) >= 11 is 0. The van der Waals surface area contributed by atoms with Crippen molar-refractivity contribution < 1.29 is 9.59 Å². The second-order valence-electron chi connectivity index (χ2n) is 4.62. The van der Waals surface area contributed by atoms with Crippen molar-refractivity contribution in [3.05, 3.63) is 70.8 Å². The van der Waals surface area contributed by atoms with Crippen LogP contribution >= 0.6 is 0 Å². The lowest BCUT2D eigenvalue weighted by molar-refractivity contribution is 0.0992. The van der Waals surface area contributed by atoms with E-state index in [4.69, 9.17) is 11.5 Å². The zero-order chi connectivity index (χ0) is 14.5. The van der Waals surface area contributed by atoms with Crippen LogP contribution in [0.1, 0.15) is 31.8 Å². The number of benzene rings is 2. The lowest BCUT2D eigenvalue weighted by atomic mass is 10.0. The van der Waals surface area contributed by atoms with Crippen LogP contribution in [0.25, 0.3) is 0 Å². The predicted octanol–water partition coefficient (Wildman–Crippen LogP) is 1.67. The topological polar surface area (TPSA) is 86.2 Å². The molecule has 0 saturated carbocycles. The Kier molecular flexibility index (Phi) is 4.15. The minimum atomic E-state index is -0.418. The summed E-state index contributed by atoms with van der Waals surface area (Å²) in [5, 5.41) is 0. The molecule has 4 nitrogen and oxygen atoms in total. The van der Waals surface area contributed by atoms with E-state index in [1.54, 1.807) is 24.3 Å². The molecule has 2 aromatic carbocycles. The fraction of sp³-hybridized carbons (Fsp3) is 0.125. The summed E-state index contributed by atoms with van der Waals surface area (Å²) in [5.41, 5.74) is 13.7. The van der Waals surface area contributed by atoms with Crippen LogP contribution in [0.4, 0.5) is 0 Å². The first-order chi connectivity index (χ1) is 9.56. The van der Waals surface area contributed by atoms with Gasteiger partial charge in [-0.05, 0) is 48.2 Å². The molecule has 0 aliphatic carbocycles. The molecule has 0 aromatic heterocycles. The Morgan fingerprint density at radius 1 is 0.650 bits per heavy atom. The lowest BCUT2D eigenvalue weighted by Gasteiger charge is -2.04. The average molecular weight is 268 g/mol. The van der Waals surface area contributed by atoms with E-state index in [9.17, 15) is 9.59 Å². The summed E-state index contributed by atoms with van der Waals surface area (Å²) in [6, 6.07) is 14.5. The molecule has 20 heavy (non-hydrogen) atoms. The maximum absolute atomic E-state index is 11.0. The molecule has 2 amide bonds. The number of rotatable bonds is 5. The van der Waals surface area contributed by atoms with Crippen molar-refractivity contribution in [1.29, 1.82) is 0 Å². The smallest absolute Gasteiger partial charge is 0.248 e. The summed E-state index contributed by atoms with van der Waals surface area (Å²) in [6.45, 7) is 0. The van der Waals surface area contributed by atoms with Gasteiger partial charge in [-0.25, -0.2) is 0 Å². The quantitative estimate of drug-likeness (QED) is 0.864. The van der Waals surface area contributed by atoms with Gasteiger partial charge in [0, 0.05) is 11.1 Å². The number of carbonyl (C=O) groups is 2. The standard InChI is InChI=1S/C16H16N2O2/c17-15(19)13-7-3-11(4-8-13)1-2-12-5-9-14(10-6-12)16(18)20/h3-10H,1-2H2,(H2,17,19)(H2,18,20). The summed E-state index contributed by atoms with van der Waals surface area (Å²) in [5.74, 6) is -0.836. The average Bonchev–Trinajstić information content (AvgIpc) is 2.46. The van der Waals surface area contributed by atoms with Gasteiger partial charge in [-0.15, -0.1) is 0 Å². The Balaban J connectivity index is 1.97. The Labute approximate surface area is 117 Å². The molecule has 4 N–H and O–H groups in total. The van der Waals surface area contributed by atoms with Crippen LogP contribution in [0.15, 0.2) is 48.5 Å². The number of primary amides is 2. The van der Waals surface area contributed by atoms with Crippen LogP contribution in [-0.4, -0.2) is 11.8 Å². The molecule has 0 atom stereocenters. The SMILES string of the molecule is NC(=O)c1ccc(CCc2ccc(C(N)=O)cc2)cc1. The minimum absolute atomic E-state index is 0.418. The molecule has 102 valence electrons. The lowest BCUT2D eigenvalue weighted by Crippen LogP contribution is -2.10. The van der Waals surface area contributed by atoms with Crippen LogP contribution in [0, 0.1) is 0 Å². The molecule has 0 unspecified atom stereocenters. The maximum Gasteiger partial charge on any atom is 0.248 e. The first-order valence-electron chi connectivity index (χ1n) is 6.34. The number of hydrogen-bond acceptors (Lipinski definition) is 2. The second kappa shape index (κ2) is 6.02. The van der Waals surface area contributed by atoms with Crippen LogP contribution < -0.4 is 11.5 Å². The fourth-order valence-electron chi connectivity index (χ4n) is 1.96. The van der Waals surface area contributed by atoms with Gasteiger partial charge in [0.05, 0.1) is 0 Å². The third-order valence-corrected chi connectivity index (χ3v) is 3.18. The van der Waals surface area contributed by atoms with Gasteiger partial charge in [-0.2, -0.15) is 0 Å². The molecule has 2 rings (SSSR count).